The summed E-state index contributed by atoms with van der Waals surface area (Å²) < 4.78 is 1.68. The molecule has 1 aliphatic rings. The Hall–Kier alpha value is -1.89. The molecule has 1 aromatic heterocycles. The molecule has 1 atom stereocenters. The number of carbonyl (C=O) groups is 1. The van der Waals surface area contributed by atoms with E-state index >= 15 is 0 Å². The smallest absolute Gasteiger partial charge is 0.239 e. The summed E-state index contributed by atoms with van der Waals surface area (Å²) in [7, 11) is 3.86. The molecule has 0 aliphatic carbocycles. The Balaban J connectivity index is 1.39. The Morgan fingerprint density at radius 2 is 2.11 bits per heavy atom. The normalized spacial score (nSPS) is 17.8. The van der Waals surface area contributed by atoms with E-state index in [1.165, 1.54) is 18.4 Å². The van der Waals surface area contributed by atoms with Gasteiger partial charge in [-0.3, -0.25) is 14.4 Å². The number of likely N-dealkylation sites (N-methyl/N-ethyl adjacent to an activating group) is 1. The summed E-state index contributed by atoms with van der Waals surface area (Å²) in [4.78, 5) is 16.9. The highest BCUT2D eigenvalue weighted by atomic mass is 35.5. The minimum Gasteiger partial charge on any atom is -0.308 e. The monoisotopic (exact) mass is 403 g/mol. The maximum absolute atomic E-state index is 12.2. The Labute approximate surface area is 172 Å². The van der Waals surface area contributed by atoms with Gasteiger partial charge in [0, 0.05) is 44.0 Å². The molecule has 7 heteroatoms. The first-order valence-corrected chi connectivity index (χ1v) is 10.3. The van der Waals surface area contributed by atoms with E-state index in [1.54, 1.807) is 10.7 Å². The zero-order valence-corrected chi connectivity index (χ0v) is 17.5. The summed E-state index contributed by atoms with van der Waals surface area (Å²) in [5.41, 5.74) is 1.33. The number of nitrogens with zero attached hydrogens (tertiary/aromatic N) is 4. The Bertz CT molecular complexity index is 760. The number of hydrogen-bond donors (Lipinski definition) is 1. The van der Waals surface area contributed by atoms with Crippen LogP contribution >= 0.6 is 11.6 Å². The average molecular weight is 404 g/mol. The molecule has 0 spiro atoms. The quantitative estimate of drug-likeness (QED) is 0.736. The topological polar surface area (TPSA) is 53.4 Å². The molecule has 1 aliphatic heterocycles. The number of hydrogen-bond acceptors (Lipinski definition) is 4. The number of likely N-dealkylation sites (tertiary alicyclic amines) is 1. The summed E-state index contributed by atoms with van der Waals surface area (Å²) >= 11 is 5.96. The molecule has 1 amide bonds. The number of halogens is 1. The zero-order valence-electron chi connectivity index (χ0n) is 16.8. The van der Waals surface area contributed by atoms with Crippen LogP contribution in [0, 0.1) is 5.92 Å². The van der Waals surface area contributed by atoms with Gasteiger partial charge in [0.1, 0.15) is 0 Å². The molecule has 2 aromatic rings. The third-order valence-electron chi connectivity index (χ3n) is 5.20. The molecular formula is C21H30ClN5O. The van der Waals surface area contributed by atoms with Crippen molar-refractivity contribution in [2.75, 3.05) is 45.1 Å². The van der Waals surface area contributed by atoms with Gasteiger partial charge >= 0.3 is 0 Å². The van der Waals surface area contributed by atoms with E-state index in [1.807, 2.05) is 32.4 Å². The van der Waals surface area contributed by atoms with Gasteiger partial charge in [0.2, 0.25) is 5.91 Å². The highest BCUT2D eigenvalue weighted by molar-refractivity contribution is 6.30. The van der Waals surface area contributed by atoms with Crippen LogP contribution in [0.2, 0.25) is 5.02 Å². The predicted molar refractivity (Wildman–Crippen MR) is 114 cm³/mol. The van der Waals surface area contributed by atoms with Crippen molar-refractivity contribution < 1.29 is 4.79 Å². The van der Waals surface area contributed by atoms with Gasteiger partial charge in [-0.25, -0.2) is 0 Å². The molecule has 0 unspecified atom stereocenters. The highest BCUT2D eigenvalue weighted by Gasteiger charge is 2.21. The van der Waals surface area contributed by atoms with Gasteiger partial charge in [-0.15, -0.1) is 0 Å². The number of piperidine rings is 1. The van der Waals surface area contributed by atoms with Gasteiger partial charge in [0.15, 0.2) is 5.82 Å². The molecule has 0 bridgehead atoms. The third-order valence-corrected chi connectivity index (χ3v) is 5.45. The van der Waals surface area contributed by atoms with E-state index in [4.69, 9.17) is 11.6 Å². The fourth-order valence-electron chi connectivity index (χ4n) is 3.86. The highest BCUT2D eigenvalue weighted by Crippen LogP contribution is 2.18. The molecule has 1 N–H and O–H groups in total. The number of amides is 1. The molecule has 1 aromatic carbocycles. The van der Waals surface area contributed by atoms with Crippen LogP contribution < -0.4 is 5.32 Å². The first-order valence-electron chi connectivity index (χ1n) is 9.93. The fraction of sp³-hybridized carbons (Fsp3) is 0.524. The average Bonchev–Trinajstić information content (AvgIpc) is 3.06. The van der Waals surface area contributed by atoms with Gasteiger partial charge in [0.05, 0.1) is 6.54 Å². The summed E-state index contributed by atoms with van der Waals surface area (Å²) in [6.45, 7) is 4.65. The van der Waals surface area contributed by atoms with Crippen LogP contribution in [-0.2, 0) is 18.3 Å². The SMILES string of the molecule is CN(CC(=O)Nc1ccn(C)n1)C[C@@H]1CCCN(CCc2ccc(Cl)cc2)C1. The minimum atomic E-state index is -0.0170. The first-order chi connectivity index (χ1) is 13.5. The first kappa shape index (κ1) is 20.8. The van der Waals surface area contributed by atoms with Gasteiger partial charge in [-0.1, -0.05) is 23.7 Å². The van der Waals surface area contributed by atoms with Crippen LogP contribution in [0.3, 0.4) is 0 Å². The van der Waals surface area contributed by atoms with Gasteiger partial charge in [-0.2, -0.15) is 5.10 Å². The van der Waals surface area contributed by atoms with Gasteiger partial charge in [-0.05, 0) is 56.5 Å². The van der Waals surface area contributed by atoms with E-state index in [9.17, 15) is 4.79 Å². The van der Waals surface area contributed by atoms with E-state index in [-0.39, 0.29) is 5.91 Å². The van der Waals surface area contributed by atoms with Crippen LogP contribution in [0.15, 0.2) is 36.5 Å². The number of rotatable bonds is 8. The van der Waals surface area contributed by atoms with Crippen molar-refractivity contribution in [2.24, 2.45) is 13.0 Å². The minimum absolute atomic E-state index is 0.0170. The molecule has 152 valence electrons. The van der Waals surface area contributed by atoms with Crippen LogP contribution in [0.1, 0.15) is 18.4 Å². The number of nitrogens with one attached hydrogen (secondary N) is 1. The Kier molecular flexibility index (Phi) is 7.48. The maximum atomic E-state index is 12.2. The van der Waals surface area contributed by atoms with Crippen LogP contribution in [-0.4, -0.2) is 65.3 Å². The predicted octanol–water partition coefficient (Wildman–Crippen LogP) is 2.90. The molecule has 28 heavy (non-hydrogen) atoms. The summed E-state index contributed by atoms with van der Waals surface area (Å²) in [5, 5.41) is 7.82. The standard InChI is InChI=1S/C21H30ClN5O/c1-25(16-21(28)23-20-10-12-26(2)24-20)14-18-4-3-11-27(15-18)13-9-17-5-7-19(22)8-6-17/h5-8,10,12,18H,3-4,9,11,13-16H2,1-2H3,(H,23,24,28)/t18-/m0/s1. The van der Waals surface area contributed by atoms with Crippen molar-refractivity contribution in [1.29, 1.82) is 0 Å². The molecular weight excluding hydrogens is 374 g/mol. The number of carbonyl (C=O) groups excluding carboxylic acids is 1. The lowest BCUT2D eigenvalue weighted by atomic mass is 9.97. The van der Waals surface area contributed by atoms with Crippen LogP contribution in [0.25, 0.3) is 0 Å². The molecule has 6 nitrogen and oxygen atoms in total. The molecule has 1 fully saturated rings. The van der Waals surface area contributed by atoms with Crippen molar-refractivity contribution in [3.05, 3.63) is 47.1 Å². The lowest BCUT2D eigenvalue weighted by Gasteiger charge is -2.34. The summed E-state index contributed by atoms with van der Waals surface area (Å²) in [5.74, 6) is 1.19. The molecule has 2 heterocycles. The largest absolute Gasteiger partial charge is 0.308 e. The van der Waals surface area contributed by atoms with Crippen molar-refractivity contribution >= 4 is 23.3 Å². The van der Waals surface area contributed by atoms with Crippen LogP contribution in [0.4, 0.5) is 5.82 Å². The van der Waals surface area contributed by atoms with E-state index in [0.29, 0.717) is 18.3 Å². The van der Waals surface area contributed by atoms with E-state index in [0.717, 1.165) is 37.6 Å². The second kappa shape index (κ2) is 10.0. The van der Waals surface area contributed by atoms with Crippen molar-refractivity contribution in [3.63, 3.8) is 0 Å². The van der Waals surface area contributed by atoms with E-state index in [2.05, 4.69) is 32.3 Å². The number of aryl methyl sites for hydroxylation is 1. The van der Waals surface area contributed by atoms with Crippen LogP contribution in [0.5, 0.6) is 0 Å². The maximum Gasteiger partial charge on any atom is 0.239 e. The number of anilines is 1. The van der Waals surface area contributed by atoms with Gasteiger partial charge in [0.25, 0.3) is 0 Å². The van der Waals surface area contributed by atoms with Gasteiger partial charge < -0.3 is 10.2 Å². The van der Waals surface area contributed by atoms with Crippen molar-refractivity contribution in [2.45, 2.75) is 19.3 Å². The second-order valence-electron chi connectivity index (χ2n) is 7.80. The van der Waals surface area contributed by atoms with Crippen molar-refractivity contribution in [1.82, 2.24) is 19.6 Å². The molecule has 1 saturated heterocycles. The number of aromatic nitrogens is 2. The second-order valence-corrected chi connectivity index (χ2v) is 8.24. The third kappa shape index (κ3) is 6.62. The molecule has 0 saturated carbocycles. The Morgan fingerprint density at radius 3 is 2.82 bits per heavy atom. The van der Waals surface area contributed by atoms with E-state index < -0.39 is 0 Å². The molecule has 0 radical (unpaired) electrons. The number of benzene rings is 1. The summed E-state index contributed by atoms with van der Waals surface area (Å²) in [6, 6.07) is 9.94. The lowest BCUT2D eigenvalue weighted by molar-refractivity contribution is -0.117. The summed E-state index contributed by atoms with van der Waals surface area (Å²) in [6.07, 6.45) is 5.31. The zero-order chi connectivity index (χ0) is 19.9. The Morgan fingerprint density at radius 1 is 1.32 bits per heavy atom. The lowest BCUT2D eigenvalue weighted by Crippen LogP contribution is -2.42. The molecule has 3 rings (SSSR count). The van der Waals surface area contributed by atoms with Crippen molar-refractivity contribution in [3.8, 4) is 0 Å². The fourth-order valence-corrected chi connectivity index (χ4v) is 3.98.